The van der Waals surface area contributed by atoms with Crippen molar-refractivity contribution in [2.45, 2.75) is 13.0 Å². The van der Waals surface area contributed by atoms with Gasteiger partial charge in [0.1, 0.15) is 5.82 Å². The summed E-state index contributed by atoms with van der Waals surface area (Å²) in [6, 6.07) is 16.8. The summed E-state index contributed by atoms with van der Waals surface area (Å²) in [7, 11) is 0. The Labute approximate surface area is 127 Å². The largest absolute Gasteiger partial charge is 0.337 e. The Balaban J connectivity index is 1.87. The monoisotopic (exact) mass is 298 g/mol. The number of hydrogen-bond acceptors (Lipinski definition) is 1. The summed E-state index contributed by atoms with van der Waals surface area (Å²) in [5.41, 5.74) is 3.39. The molecule has 0 atom stereocenters. The molecule has 1 heterocycles. The lowest BCUT2D eigenvalue weighted by molar-refractivity contribution is 0.626. The summed E-state index contributed by atoms with van der Waals surface area (Å²) in [5, 5.41) is 0. The summed E-state index contributed by atoms with van der Waals surface area (Å²) in [5.74, 6) is -0.221. The van der Waals surface area contributed by atoms with Crippen LogP contribution in [-0.2, 0) is 13.0 Å². The maximum Gasteiger partial charge on any atom is 0.177 e. The molecular formula is C17H15FN2S. The Bertz CT molecular complexity index is 773. The molecule has 0 aliphatic heterocycles. The van der Waals surface area contributed by atoms with Crippen LogP contribution in [0.3, 0.4) is 0 Å². The summed E-state index contributed by atoms with van der Waals surface area (Å²) < 4.78 is 15.7. The Morgan fingerprint density at radius 1 is 0.952 bits per heavy atom. The van der Waals surface area contributed by atoms with Gasteiger partial charge in [-0.05, 0) is 35.5 Å². The number of benzene rings is 2. The average Bonchev–Trinajstić information content (AvgIpc) is 2.84. The minimum Gasteiger partial charge on any atom is -0.337 e. The van der Waals surface area contributed by atoms with E-state index >= 15 is 0 Å². The molecule has 3 aromatic rings. The van der Waals surface area contributed by atoms with Gasteiger partial charge in [0.05, 0.1) is 6.54 Å². The lowest BCUT2D eigenvalue weighted by Crippen LogP contribution is -2.05. The van der Waals surface area contributed by atoms with Gasteiger partial charge in [-0.2, -0.15) is 0 Å². The molecule has 0 aliphatic rings. The first-order valence-corrected chi connectivity index (χ1v) is 7.18. The maximum atomic E-state index is 13.0. The minimum atomic E-state index is -0.221. The fourth-order valence-electron chi connectivity index (χ4n) is 2.33. The number of aromatic nitrogens is 2. The van der Waals surface area contributed by atoms with Crippen molar-refractivity contribution in [2.24, 2.45) is 0 Å². The number of rotatable bonds is 4. The van der Waals surface area contributed by atoms with Crippen molar-refractivity contribution < 1.29 is 4.39 Å². The second-order valence-corrected chi connectivity index (χ2v) is 5.35. The van der Waals surface area contributed by atoms with Crippen molar-refractivity contribution in [1.29, 1.82) is 0 Å². The van der Waals surface area contributed by atoms with E-state index in [1.807, 2.05) is 24.4 Å². The van der Waals surface area contributed by atoms with E-state index in [-0.39, 0.29) is 5.82 Å². The SMILES string of the molecule is Fc1ccc(Cn2c(Cc3ccccc3)c[nH]c2=S)cc1. The number of nitrogens with one attached hydrogen (secondary N) is 1. The third-order valence-corrected chi connectivity index (χ3v) is 3.77. The van der Waals surface area contributed by atoms with Crippen LogP contribution in [0.1, 0.15) is 16.8 Å². The van der Waals surface area contributed by atoms with Crippen LogP contribution in [0, 0.1) is 10.6 Å². The summed E-state index contributed by atoms with van der Waals surface area (Å²) in [6.07, 6.45) is 2.76. The number of nitrogens with zero attached hydrogens (tertiary/aromatic N) is 1. The molecule has 1 aromatic heterocycles. The van der Waals surface area contributed by atoms with Gasteiger partial charge in [0.2, 0.25) is 0 Å². The lowest BCUT2D eigenvalue weighted by Gasteiger charge is -2.09. The van der Waals surface area contributed by atoms with Crippen LogP contribution in [0.15, 0.2) is 60.8 Å². The Morgan fingerprint density at radius 2 is 1.67 bits per heavy atom. The predicted molar refractivity (Wildman–Crippen MR) is 84.4 cm³/mol. The summed E-state index contributed by atoms with van der Waals surface area (Å²) >= 11 is 5.35. The zero-order valence-corrected chi connectivity index (χ0v) is 12.2. The molecule has 21 heavy (non-hydrogen) atoms. The molecule has 0 aliphatic carbocycles. The fraction of sp³-hybridized carbons (Fsp3) is 0.118. The van der Waals surface area contributed by atoms with E-state index in [1.54, 1.807) is 12.1 Å². The van der Waals surface area contributed by atoms with Crippen LogP contribution in [-0.4, -0.2) is 9.55 Å². The number of halogens is 1. The fourth-order valence-corrected chi connectivity index (χ4v) is 2.57. The Hall–Kier alpha value is -2.20. The second-order valence-electron chi connectivity index (χ2n) is 4.96. The molecule has 0 fully saturated rings. The molecule has 0 radical (unpaired) electrons. The highest BCUT2D eigenvalue weighted by molar-refractivity contribution is 7.71. The van der Waals surface area contributed by atoms with E-state index in [2.05, 4.69) is 21.7 Å². The van der Waals surface area contributed by atoms with E-state index in [4.69, 9.17) is 12.2 Å². The van der Waals surface area contributed by atoms with Crippen LogP contribution >= 0.6 is 12.2 Å². The van der Waals surface area contributed by atoms with Crippen molar-refractivity contribution in [3.63, 3.8) is 0 Å². The second kappa shape index (κ2) is 6.06. The van der Waals surface area contributed by atoms with Gasteiger partial charge in [-0.25, -0.2) is 4.39 Å². The van der Waals surface area contributed by atoms with E-state index < -0.39 is 0 Å². The van der Waals surface area contributed by atoms with Gasteiger partial charge in [0.25, 0.3) is 0 Å². The van der Waals surface area contributed by atoms with Crippen LogP contribution in [0.5, 0.6) is 0 Å². The van der Waals surface area contributed by atoms with Gasteiger partial charge in [-0.15, -0.1) is 0 Å². The first-order valence-electron chi connectivity index (χ1n) is 6.78. The normalized spacial score (nSPS) is 10.7. The number of hydrogen-bond donors (Lipinski definition) is 1. The molecule has 4 heteroatoms. The summed E-state index contributed by atoms with van der Waals surface area (Å²) in [6.45, 7) is 0.644. The van der Waals surface area contributed by atoms with E-state index in [9.17, 15) is 4.39 Å². The minimum absolute atomic E-state index is 0.221. The van der Waals surface area contributed by atoms with Crippen LogP contribution in [0.4, 0.5) is 4.39 Å². The zero-order chi connectivity index (χ0) is 14.7. The number of H-pyrrole nitrogens is 1. The molecule has 3 rings (SSSR count). The summed E-state index contributed by atoms with van der Waals surface area (Å²) in [4.78, 5) is 3.09. The van der Waals surface area contributed by atoms with Crippen molar-refractivity contribution in [2.75, 3.05) is 0 Å². The molecule has 1 N–H and O–H groups in total. The quantitative estimate of drug-likeness (QED) is 0.711. The van der Waals surface area contributed by atoms with Crippen molar-refractivity contribution >= 4 is 12.2 Å². The van der Waals surface area contributed by atoms with Gasteiger partial charge in [-0.1, -0.05) is 42.5 Å². The van der Waals surface area contributed by atoms with Gasteiger partial charge in [0, 0.05) is 18.3 Å². The van der Waals surface area contributed by atoms with E-state index in [0.717, 1.165) is 17.7 Å². The Kier molecular flexibility index (Phi) is 3.97. The molecule has 0 spiro atoms. The van der Waals surface area contributed by atoms with E-state index in [1.165, 1.54) is 17.7 Å². The van der Waals surface area contributed by atoms with Crippen LogP contribution in [0.25, 0.3) is 0 Å². The van der Waals surface area contributed by atoms with Crippen molar-refractivity contribution in [1.82, 2.24) is 9.55 Å². The van der Waals surface area contributed by atoms with Gasteiger partial charge >= 0.3 is 0 Å². The first kappa shape index (κ1) is 13.8. The number of imidazole rings is 1. The third kappa shape index (κ3) is 3.28. The first-order chi connectivity index (χ1) is 10.2. The molecule has 2 aromatic carbocycles. The van der Waals surface area contributed by atoms with Crippen LogP contribution in [0.2, 0.25) is 0 Å². The average molecular weight is 298 g/mol. The van der Waals surface area contributed by atoms with E-state index in [0.29, 0.717) is 11.3 Å². The molecule has 0 saturated heterocycles. The predicted octanol–water partition coefficient (Wildman–Crippen LogP) is 4.32. The van der Waals surface area contributed by atoms with Crippen LogP contribution < -0.4 is 0 Å². The maximum absolute atomic E-state index is 13.0. The standard InChI is InChI=1S/C17H15FN2S/c18-15-8-6-14(7-9-15)12-20-16(11-19-17(20)21)10-13-4-2-1-3-5-13/h1-9,11H,10,12H2,(H,19,21). The number of aromatic amines is 1. The van der Waals surface area contributed by atoms with Gasteiger partial charge < -0.3 is 9.55 Å². The molecule has 2 nitrogen and oxygen atoms in total. The molecule has 0 amide bonds. The third-order valence-electron chi connectivity index (χ3n) is 3.44. The van der Waals surface area contributed by atoms with Crippen molar-refractivity contribution in [3.8, 4) is 0 Å². The Morgan fingerprint density at radius 3 is 2.38 bits per heavy atom. The molecule has 0 bridgehead atoms. The highest BCUT2D eigenvalue weighted by atomic mass is 32.1. The van der Waals surface area contributed by atoms with Gasteiger partial charge in [-0.3, -0.25) is 0 Å². The highest BCUT2D eigenvalue weighted by Gasteiger charge is 2.06. The van der Waals surface area contributed by atoms with Gasteiger partial charge in [0.15, 0.2) is 4.77 Å². The van der Waals surface area contributed by atoms with Crippen molar-refractivity contribution in [3.05, 3.63) is 88.2 Å². The molecular weight excluding hydrogens is 283 g/mol. The molecule has 0 unspecified atom stereocenters. The zero-order valence-electron chi connectivity index (χ0n) is 11.4. The topological polar surface area (TPSA) is 20.7 Å². The smallest absolute Gasteiger partial charge is 0.177 e. The lowest BCUT2D eigenvalue weighted by atomic mass is 10.1. The molecule has 106 valence electrons. The molecule has 0 saturated carbocycles. The highest BCUT2D eigenvalue weighted by Crippen LogP contribution is 2.13.